The Morgan fingerprint density at radius 3 is 2.10 bits per heavy atom. The van der Waals surface area contributed by atoms with Gasteiger partial charge >= 0.3 is 12.1 Å². The maximum Gasteiger partial charge on any atom is 0.407 e. The van der Waals surface area contributed by atoms with Crippen molar-refractivity contribution in [1.82, 2.24) is 10.6 Å². The smallest absolute Gasteiger partial charge is 0.407 e. The molecule has 41 heavy (non-hydrogen) atoms. The molecule has 0 radical (unpaired) electrons. The third-order valence-electron chi connectivity index (χ3n) is 6.84. The Bertz CT molecular complexity index is 1270. The summed E-state index contributed by atoms with van der Waals surface area (Å²) in [6.07, 6.45) is -1.26. The highest BCUT2D eigenvalue weighted by molar-refractivity contribution is 5.79. The van der Waals surface area contributed by atoms with Crippen molar-refractivity contribution in [3.8, 4) is 16.9 Å². The van der Waals surface area contributed by atoms with Crippen LogP contribution in [0.1, 0.15) is 50.3 Å². The van der Waals surface area contributed by atoms with Gasteiger partial charge in [-0.3, -0.25) is 4.79 Å². The van der Waals surface area contributed by atoms with Crippen molar-refractivity contribution in [2.75, 3.05) is 26.3 Å². The number of amides is 1. The summed E-state index contributed by atoms with van der Waals surface area (Å²) in [5.74, 6) is 0.257. The Morgan fingerprint density at radius 2 is 1.51 bits per heavy atom. The van der Waals surface area contributed by atoms with Gasteiger partial charge in [-0.15, -0.1) is 0 Å². The quantitative estimate of drug-likeness (QED) is 0.273. The maximum absolute atomic E-state index is 13.0. The van der Waals surface area contributed by atoms with Gasteiger partial charge in [-0.05, 0) is 74.1 Å². The molecule has 8 nitrogen and oxygen atoms in total. The van der Waals surface area contributed by atoms with Gasteiger partial charge in [0, 0.05) is 12.5 Å². The van der Waals surface area contributed by atoms with E-state index in [0.29, 0.717) is 6.42 Å². The number of hydrogen-bond acceptors (Lipinski definition) is 7. The summed E-state index contributed by atoms with van der Waals surface area (Å²) in [6, 6.07) is 23.2. The van der Waals surface area contributed by atoms with Crippen molar-refractivity contribution in [2.45, 2.75) is 57.8 Å². The number of carbonyl (C=O) groups excluding carboxylic acids is 2. The number of carbonyl (C=O) groups is 2. The van der Waals surface area contributed by atoms with E-state index in [1.54, 1.807) is 6.92 Å². The minimum Gasteiger partial charge on any atom is -0.488 e. The van der Waals surface area contributed by atoms with E-state index in [-0.39, 0.29) is 37.8 Å². The van der Waals surface area contributed by atoms with Gasteiger partial charge in [-0.2, -0.15) is 0 Å². The molecule has 8 heteroatoms. The van der Waals surface area contributed by atoms with Crippen LogP contribution in [0.2, 0.25) is 0 Å². The minimum atomic E-state index is -0.990. The van der Waals surface area contributed by atoms with Crippen LogP contribution in [0.3, 0.4) is 0 Å². The van der Waals surface area contributed by atoms with Gasteiger partial charge in [-0.1, -0.05) is 60.7 Å². The molecule has 2 atom stereocenters. The zero-order chi connectivity index (χ0) is 29.4. The molecule has 0 saturated heterocycles. The van der Waals surface area contributed by atoms with Gasteiger partial charge in [-0.25, -0.2) is 4.79 Å². The molecule has 0 aromatic heterocycles. The molecule has 1 unspecified atom stereocenters. The maximum atomic E-state index is 13.0. The van der Waals surface area contributed by atoms with E-state index in [2.05, 4.69) is 34.9 Å². The van der Waals surface area contributed by atoms with Crippen LogP contribution in [-0.2, 0) is 20.7 Å². The van der Waals surface area contributed by atoms with Crippen molar-refractivity contribution in [2.24, 2.45) is 0 Å². The van der Waals surface area contributed by atoms with E-state index in [9.17, 15) is 14.7 Å². The van der Waals surface area contributed by atoms with Crippen LogP contribution < -0.4 is 15.4 Å². The Morgan fingerprint density at radius 1 is 0.902 bits per heavy atom. The molecule has 218 valence electrons. The van der Waals surface area contributed by atoms with E-state index in [0.717, 1.165) is 33.6 Å². The van der Waals surface area contributed by atoms with Crippen molar-refractivity contribution in [3.05, 3.63) is 89.5 Å². The Hall–Kier alpha value is -3.88. The van der Waals surface area contributed by atoms with Crippen LogP contribution >= 0.6 is 0 Å². The second-order valence-corrected chi connectivity index (χ2v) is 11.1. The van der Waals surface area contributed by atoms with Crippen molar-refractivity contribution in [1.29, 1.82) is 0 Å². The van der Waals surface area contributed by atoms with Gasteiger partial charge in [0.2, 0.25) is 0 Å². The van der Waals surface area contributed by atoms with Crippen molar-refractivity contribution < 1.29 is 28.9 Å². The zero-order valence-corrected chi connectivity index (χ0v) is 24.2. The number of aliphatic hydroxyl groups is 1. The topological polar surface area (TPSA) is 106 Å². The van der Waals surface area contributed by atoms with E-state index < -0.39 is 24.2 Å². The van der Waals surface area contributed by atoms with Crippen molar-refractivity contribution >= 4 is 12.1 Å². The molecule has 3 N–H and O–H groups in total. The van der Waals surface area contributed by atoms with E-state index in [4.69, 9.17) is 14.2 Å². The third kappa shape index (κ3) is 8.31. The normalized spacial score (nSPS) is 14.0. The first kappa shape index (κ1) is 30.1. The number of fused-ring (bicyclic) bond motifs is 3. The predicted octanol–water partition coefficient (Wildman–Crippen LogP) is 4.83. The first-order valence-corrected chi connectivity index (χ1v) is 14.1. The molecule has 1 aliphatic rings. The fraction of sp³-hybridized carbons (Fsp3) is 0.394. The van der Waals surface area contributed by atoms with Crippen LogP contribution in [0.5, 0.6) is 5.75 Å². The Kier molecular flexibility index (Phi) is 10.0. The number of nitrogens with one attached hydrogen (secondary N) is 2. The lowest BCUT2D eigenvalue weighted by Crippen LogP contribution is -2.49. The summed E-state index contributed by atoms with van der Waals surface area (Å²) in [5, 5.41) is 16.8. The highest BCUT2D eigenvalue weighted by Gasteiger charge is 2.30. The average molecular weight is 561 g/mol. The molecule has 1 amide bonds. The fourth-order valence-electron chi connectivity index (χ4n) is 5.05. The molecule has 0 bridgehead atoms. The fourth-order valence-corrected chi connectivity index (χ4v) is 5.05. The van der Waals surface area contributed by atoms with Crippen LogP contribution in [0.4, 0.5) is 4.79 Å². The minimum absolute atomic E-state index is 0.0403. The molecule has 0 heterocycles. The number of rotatable bonds is 12. The lowest BCUT2D eigenvalue weighted by atomic mass is 9.98. The summed E-state index contributed by atoms with van der Waals surface area (Å²) in [4.78, 5) is 24.8. The largest absolute Gasteiger partial charge is 0.488 e. The monoisotopic (exact) mass is 560 g/mol. The predicted molar refractivity (Wildman–Crippen MR) is 158 cm³/mol. The van der Waals surface area contributed by atoms with Gasteiger partial charge in [0.15, 0.2) is 0 Å². The van der Waals surface area contributed by atoms with E-state index in [1.807, 2.05) is 69.3 Å². The van der Waals surface area contributed by atoms with Crippen LogP contribution in [0.25, 0.3) is 11.1 Å². The summed E-state index contributed by atoms with van der Waals surface area (Å²) >= 11 is 0. The molecule has 3 aromatic rings. The SMILES string of the molecule is CCOC(=O)CNCC(O)[C@H](Cc1ccc(OC(C)(C)C)cc1)NC(=O)OCC1c2ccccc2-c2ccccc21. The first-order chi connectivity index (χ1) is 19.6. The van der Waals surface area contributed by atoms with Crippen LogP contribution in [-0.4, -0.2) is 61.2 Å². The highest BCUT2D eigenvalue weighted by atomic mass is 16.5. The number of hydrogen-bond donors (Lipinski definition) is 3. The number of alkyl carbamates (subject to hydrolysis) is 1. The zero-order valence-electron chi connectivity index (χ0n) is 24.2. The van der Waals surface area contributed by atoms with Gasteiger partial charge in [0.05, 0.1) is 25.3 Å². The molecule has 3 aromatic carbocycles. The molecule has 0 spiro atoms. The number of benzene rings is 3. The van der Waals surface area contributed by atoms with E-state index >= 15 is 0 Å². The Balaban J connectivity index is 1.42. The Labute approximate surface area is 242 Å². The molecule has 0 fully saturated rings. The third-order valence-corrected chi connectivity index (χ3v) is 6.84. The molecule has 0 aliphatic heterocycles. The van der Waals surface area contributed by atoms with E-state index in [1.165, 1.54) is 0 Å². The lowest BCUT2D eigenvalue weighted by Gasteiger charge is -2.25. The molecule has 4 rings (SSSR count). The average Bonchev–Trinajstić information content (AvgIpc) is 3.25. The summed E-state index contributed by atoms with van der Waals surface area (Å²) in [5.41, 5.74) is 5.13. The number of ether oxygens (including phenoxy) is 3. The molecule has 1 aliphatic carbocycles. The first-order valence-electron chi connectivity index (χ1n) is 14.1. The van der Waals surface area contributed by atoms with Crippen LogP contribution in [0.15, 0.2) is 72.8 Å². The summed E-state index contributed by atoms with van der Waals surface area (Å²) in [7, 11) is 0. The standard InChI is InChI=1S/C33H40N2O6/c1-5-39-31(37)20-34-19-30(36)29(18-22-14-16-23(17-15-22)41-33(2,3)4)35-32(38)40-21-28-26-12-8-6-10-24(26)25-11-7-9-13-27(25)28/h6-17,28-30,34,36H,5,18-21H2,1-4H3,(H,35,38)/t29-,30?/m0/s1. The van der Waals surface area contributed by atoms with Gasteiger partial charge in [0.25, 0.3) is 0 Å². The van der Waals surface area contributed by atoms with Gasteiger partial charge < -0.3 is 30.0 Å². The lowest BCUT2D eigenvalue weighted by molar-refractivity contribution is -0.142. The molecular formula is C33H40N2O6. The van der Waals surface area contributed by atoms with Gasteiger partial charge in [0.1, 0.15) is 18.0 Å². The summed E-state index contributed by atoms with van der Waals surface area (Å²) in [6.45, 7) is 8.17. The highest BCUT2D eigenvalue weighted by Crippen LogP contribution is 2.44. The second kappa shape index (κ2) is 13.7. The second-order valence-electron chi connectivity index (χ2n) is 11.1. The number of esters is 1. The molecular weight excluding hydrogens is 520 g/mol. The molecule has 0 saturated carbocycles. The van der Waals surface area contributed by atoms with Crippen LogP contribution in [0, 0.1) is 0 Å². The number of aliphatic hydroxyl groups excluding tert-OH is 1. The van der Waals surface area contributed by atoms with Crippen molar-refractivity contribution in [3.63, 3.8) is 0 Å². The summed E-state index contributed by atoms with van der Waals surface area (Å²) < 4.78 is 16.6.